The van der Waals surface area contributed by atoms with Crippen molar-refractivity contribution in [2.45, 2.75) is 12.5 Å². The first-order chi connectivity index (χ1) is 5.59. The Bertz CT molecular complexity index is 170. The van der Waals surface area contributed by atoms with Crippen molar-refractivity contribution in [2.75, 3.05) is 34.2 Å². The van der Waals surface area contributed by atoms with E-state index in [-0.39, 0.29) is 12.2 Å². The van der Waals surface area contributed by atoms with Crippen molar-refractivity contribution in [3.8, 4) is 0 Å². The van der Waals surface area contributed by atoms with Crippen LogP contribution in [-0.4, -0.2) is 56.2 Å². The maximum absolute atomic E-state index is 10.9. The van der Waals surface area contributed by atoms with Crippen molar-refractivity contribution in [3.63, 3.8) is 0 Å². The van der Waals surface area contributed by atoms with Gasteiger partial charge in [-0.2, -0.15) is 0 Å². The second-order valence-electron chi connectivity index (χ2n) is 3.48. The molecule has 70 valence electrons. The second-order valence-corrected chi connectivity index (χ2v) is 3.48. The standard InChI is InChI=1S/C8H16N2O2/c1-9(2)5-4-7-6-10(3)8(11)12-7/h7H,4-6H2,1-3H3. The Balaban J connectivity index is 2.23. The Morgan fingerprint density at radius 2 is 2.33 bits per heavy atom. The van der Waals surface area contributed by atoms with Gasteiger partial charge in [-0.25, -0.2) is 4.79 Å². The molecule has 1 amide bonds. The Labute approximate surface area is 73.1 Å². The lowest BCUT2D eigenvalue weighted by Gasteiger charge is -2.12. The fourth-order valence-corrected chi connectivity index (χ4v) is 1.20. The van der Waals surface area contributed by atoms with Crippen LogP contribution in [0.15, 0.2) is 0 Å². The van der Waals surface area contributed by atoms with Crippen molar-refractivity contribution < 1.29 is 9.53 Å². The lowest BCUT2D eigenvalue weighted by molar-refractivity contribution is 0.126. The number of hydrogen-bond acceptors (Lipinski definition) is 3. The van der Waals surface area contributed by atoms with Gasteiger partial charge in [0.25, 0.3) is 0 Å². The molecule has 0 spiro atoms. The van der Waals surface area contributed by atoms with Crippen molar-refractivity contribution >= 4 is 6.09 Å². The quantitative estimate of drug-likeness (QED) is 0.617. The highest BCUT2D eigenvalue weighted by molar-refractivity contribution is 5.69. The van der Waals surface area contributed by atoms with E-state index < -0.39 is 0 Å². The highest BCUT2D eigenvalue weighted by Crippen LogP contribution is 2.11. The fraction of sp³-hybridized carbons (Fsp3) is 0.875. The highest BCUT2D eigenvalue weighted by Gasteiger charge is 2.27. The van der Waals surface area contributed by atoms with Gasteiger partial charge >= 0.3 is 6.09 Å². The zero-order valence-corrected chi connectivity index (χ0v) is 7.91. The summed E-state index contributed by atoms with van der Waals surface area (Å²) in [6, 6.07) is 0. The molecule has 0 aromatic rings. The summed E-state index contributed by atoms with van der Waals surface area (Å²) in [6.07, 6.45) is 0.812. The van der Waals surface area contributed by atoms with Crippen LogP contribution in [0.25, 0.3) is 0 Å². The van der Waals surface area contributed by atoms with Crippen LogP contribution in [0.3, 0.4) is 0 Å². The first-order valence-electron chi connectivity index (χ1n) is 4.16. The maximum atomic E-state index is 10.9. The van der Waals surface area contributed by atoms with Crippen LogP contribution in [0.1, 0.15) is 6.42 Å². The maximum Gasteiger partial charge on any atom is 0.409 e. The van der Waals surface area contributed by atoms with Crippen molar-refractivity contribution in [3.05, 3.63) is 0 Å². The number of ether oxygens (including phenoxy) is 1. The van der Waals surface area contributed by atoms with Crippen LogP contribution in [0.5, 0.6) is 0 Å². The predicted octanol–water partition coefficient (Wildman–Crippen LogP) is 0.389. The molecule has 0 saturated carbocycles. The van der Waals surface area contributed by atoms with Gasteiger partial charge in [-0.15, -0.1) is 0 Å². The molecule has 0 aromatic carbocycles. The molecule has 1 aliphatic rings. The molecule has 0 aromatic heterocycles. The average molecular weight is 172 g/mol. The predicted molar refractivity (Wildman–Crippen MR) is 46.1 cm³/mol. The first-order valence-corrected chi connectivity index (χ1v) is 4.16. The van der Waals surface area contributed by atoms with Gasteiger partial charge in [0.05, 0.1) is 6.54 Å². The van der Waals surface area contributed by atoms with Crippen LogP contribution in [0, 0.1) is 0 Å². The SMILES string of the molecule is CN(C)CCC1CN(C)C(=O)O1. The normalized spacial score (nSPS) is 23.5. The lowest BCUT2D eigenvalue weighted by Crippen LogP contribution is -2.22. The second kappa shape index (κ2) is 3.76. The fourth-order valence-electron chi connectivity index (χ4n) is 1.20. The topological polar surface area (TPSA) is 32.8 Å². The molecule has 12 heavy (non-hydrogen) atoms. The monoisotopic (exact) mass is 172 g/mol. The van der Waals surface area contributed by atoms with Gasteiger partial charge in [-0.1, -0.05) is 0 Å². The molecule has 0 aliphatic carbocycles. The van der Waals surface area contributed by atoms with Crippen LogP contribution in [0.2, 0.25) is 0 Å². The minimum atomic E-state index is -0.196. The largest absolute Gasteiger partial charge is 0.444 e. The van der Waals surface area contributed by atoms with Gasteiger partial charge < -0.3 is 14.5 Å². The van der Waals surface area contributed by atoms with E-state index in [9.17, 15) is 4.79 Å². The van der Waals surface area contributed by atoms with Gasteiger partial charge in [0.2, 0.25) is 0 Å². The van der Waals surface area contributed by atoms with Crippen LogP contribution >= 0.6 is 0 Å². The number of likely N-dealkylation sites (N-methyl/N-ethyl adjacent to an activating group) is 1. The first kappa shape index (κ1) is 9.32. The molecule has 0 N–H and O–H groups in total. The van der Waals surface area contributed by atoms with E-state index in [1.54, 1.807) is 11.9 Å². The summed E-state index contributed by atoms with van der Waals surface area (Å²) >= 11 is 0. The molecule has 1 aliphatic heterocycles. The van der Waals surface area contributed by atoms with E-state index in [4.69, 9.17) is 4.74 Å². The van der Waals surface area contributed by atoms with E-state index in [0.717, 1.165) is 19.5 Å². The van der Waals surface area contributed by atoms with E-state index in [1.165, 1.54) is 0 Å². The molecule has 4 heteroatoms. The van der Waals surface area contributed by atoms with E-state index in [2.05, 4.69) is 4.90 Å². The molecular weight excluding hydrogens is 156 g/mol. The van der Waals surface area contributed by atoms with Crippen LogP contribution < -0.4 is 0 Å². The Hall–Kier alpha value is -0.770. The summed E-state index contributed by atoms with van der Waals surface area (Å²) in [5.41, 5.74) is 0. The van der Waals surface area contributed by atoms with E-state index >= 15 is 0 Å². The summed E-state index contributed by atoms with van der Waals surface area (Å²) in [5.74, 6) is 0. The molecule has 1 unspecified atom stereocenters. The van der Waals surface area contributed by atoms with Crippen LogP contribution in [-0.2, 0) is 4.74 Å². The molecule has 4 nitrogen and oxygen atoms in total. The smallest absolute Gasteiger partial charge is 0.409 e. The average Bonchev–Trinajstić information content (AvgIpc) is 2.28. The molecule has 0 radical (unpaired) electrons. The zero-order valence-electron chi connectivity index (χ0n) is 7.91. The number of hydrogen-bond donors (Lipinski definition) is 0. The molecule has 1 rings (SSSR count). The Kier molecular flexibility index (Phi) is 2.92. The van der Waals surface area contributed by atoms with Gasteiger partial charge in [0, 0.05) is 13.6 Å². The summed E-state index contributed by atoms with van der Waals surface area (Å²) in [7, 11) is 5.79. The third-order valence-corrected chi connectivity index (χ3v) is 1.95. The zero-order chi connectivity index (χ0) is 9.14. The number of carbonyl (C=O) groups is 1. The summed E-state index contributed by atoms with van der Waals surface area (Å²) in [6.45, 7) is 1.69. The van der Waals surface area contributed by atoms with Crippen molar-refractivity contribution in [2.24, 2.45) is 0 Å². The minimum absolute atomic E-state index is 0.0879. The van der Waals surface area contributed by atoms with Crippen LogP contribution in [0.4, 0.5) is 4.79 Å². The summed E-state index contributed by atoms with van der Waals surface area (Å²) in [5, 5.41) is 0. The number of cyclic esters (lactones) is 1. The third kappa shape index (κ3) is 2.37. The number of nitrogens with zero attached hydrogens (tertiary/aromatic N) is 2. The summed E-state index contributed by atoms with van der Waals surface area (Å²) < 4.78 is 5.08. The van der Waals surface area contributed by atoms with Crippen molar-refractivity contribution in [1.29, 1.82) is 0 Å². The highest BCUT2D eigenvalue weighted by atomic mass is 16.6. The lowest BCUT2D eigenvalue weighted by atomic mass is 10.2. The Morgan fingerprint density at radius 1 is 1.67 bits per heavy atom. The molecule has 1 fully saturated rings. The van der Waals surface area contributed by atoms with Gasteiger partial charge in [0.1, 0.15) is 6.10 Å². The molecule has 1 atom stereocenters. The van der Waals surface area contributed by atoms with Gasteiger partial charge in [-0.3, -0.25) is 0 Å². The van der Waals surface area contributed by atoms with Gasteiger partial charge in [-0.05, 0) is 20.5 Å². The Morgan fingerprint density at radius 3 is 2.75 bits per heavy atom. The molecular formula is C8H16N2O2. The minimum Gasteiger partial charge on any atom is -0.444 e. The molecule has 1 saturated heterocycles. The molecule has 1 heterocycles. The van der Waals surface area contributed by atoms with Crippen molar-refractivity contribution in [1.82, 2.24) is 9.80 Å². The van der Waals surface area contributed by atoms with E-state index in [1.807, 2.05) is 14.1 Å². The third-order valence-electron chi connectivity index (χ3n) is 1.95. The molecule has 0 bridgehead atoms. The number of carbonyl (C=O) groups excluding carboxylic acids is 1. The van der Waals surface area contributed by atoms with Gasteiger partial charge in [0.15, 0.2) is 0 Å². The number of rotatable bonds is 3. The summed E-state index contributed by atoms with van der Waals surface area (Å²) in [4.78, 5) is 14.6. The van der Waals surface area contributed by atoms with E-state index in [0.29, 0.717) is 0 Å². The number of amides is 1.